The summed E-state index contributed by atoms with van der Waals surface area (Å²) in [6.07, 6.45) is 2.08. The van der Waals surface area contributed by atoms with Crippen LogP contribution in [-0.4, -0.2) is 60.3 Å². The molecule has 3 heterocycles. The molecule has 150 valence electrons. The highest BCUT2D eigenvalue weighted by molar-refractivity contribution is 6.28. The summed E-state index contributed by atoms with van der Waals surface area (Å²) in [4.78, 5) is 13.3. The smallest absolute Gasteiger partial charge is 0.226 e. The van der Waals surface area contributed by atoms with Crippen molar-refractivity contribution < 1.29 is 4.74 Å². The van der Waals surface area contributed by atoms with Crippen molar-refractivity contribution in [2.45, 2.75) is 25.4 Å². The molecule has 2 fully saturated rings. The number of aromatic nitrogens is 2. The van der Waals surface area contributed by atoms with Gasteiger partial charge in [0.15, 0.2) is 11.6 Å². The van der Waals surface area contributed by atoms with Gasteiger partial charge in [-0.3, -0.25) is 4.90 Å². The highest BCUT2D eigenvalue weighted by atomic mass is 35.5. The van der Waals surface area contributed by atoms with E-state index in [0.29, 0.717) is 36.6 Å². The van der Waals surface area contributed by atoms with E-state index in [1.165, 1.54) is 5.56 Å². The van der Waals surface area contributed by atoms with Gasteiger partial charge in [0.05, 0.1) is 13.2 Å². The zero-order chi connectivity index (χ0) is 19.3. The van der Waals surface area contributed by atoms with Gasteiger partial charge in [0.2, 0.25) is 5.28 Å². The molecule has 3 N–H and O–H groups in total. The number of anilines is 3. The van der Waals surface area contributed by atoms with Gasteiger partial charge >= 0.3 is 0 Å². The Morgan fingerprint density at radius 1 is 1.07 bits per heavy atom. The van der Waals surface area contributed by atoms with Gasteiger partial charge in [-0.05, 0) is 30.0 Å². The fourth-order valence-corrected chi connectivity index (χ4v) is 3.99. The van der Waals surface area contributed by atoms with Crippen LogP contribution in [0.25, 0.3) is 0 Å². The number of rotatable bonds is 5. The molecule has 2 aliphatic heterocycles. The first-order chi connectivity index (χ1) is 13.7. The zero-order valence-electron chi connectivity index (χ0n) is 16.0. The van der Waals surface area contributed by atoms with Gasteiger partial charge < -0.3 is 20.7 Å². The van der Waals surface area contributed by atoms with Crippen molar-refractivity contribution in [1.29, 1.82) is 0 Å². The summed E-state index contributed by atoms with van der Waals surface area (Å²) in [5, 5.41) is 3.73. The van der Waals surface area contributed by atoms with Crippen LogP contribution in [0.1, 0.15) is 18.4 Å². The Hall–Kier alpha value is -2.09. The molecule has 1 aromatic heterocycles. The quantitative estimate of drug-likeness (QED) is 0.744. The van der Waals surface area contributed by atoms with E-state index in [1.807, 2.05) is 0 Å². The van der Waals surface area contributed by atoms with Crippen LogP contribution < -0.4 is 16.0 Å². The van der Waals surface area contributed by atoms with Gasteiger partial charge in [-0.2, -0.15) is 9.97 Å². The molecule has 4 rings (SSSR count). The largest absolute Gasteiger partial charge is 0.393 e. The second-order valence-corrected chi connectivity index (χ2v) is 7.70. The normalized spacial score (nSPS) is 19.0. The highest BCUT2D eigenvalue weighted by Gasteiger charge is 2.23. The molecule has 7 nitrogen and oxygen atoms in total. The number of benzene rings is 1. The molecule has 8 heteroatoms. The molecule has 0 spiro atoms. The lowest BCUT2D eigenvalue weighted by atomic mass is 10.0. The average molecular weight is 403 g/mol. The molecule has 1 aromatic carbocycles. The van der Waals surface area contributed by atoms with Gasteiger partial charge in [-0.15, -0.1) is 0 Å². The van der Waals surface area contributed by atoms with E-state index < -0.39 is 0 Å². The van der Waals surface area contributed by atoms with Crippen molar-refractivity contribution in [2.75, 3.05) is 55.3 Å². The van der Waals surface area contributed by atoms with E-state index >= 15 is 0 Å². The van der Waals surface area contributed by atoms with Gasteiger partial charge in [-0.25, -0.2) is 0 Å². The topological polar surface area (TPSA) is 79.5 Å². The molecule has 0 unspecified atom stereocenters. The summed E-state index contributed by atoms with van der Waals surface area (Å²) in [7, 11) is 0. The van der Waals surface area contributed by atoms with Crippen LogP contribution in [0.5, 0.6) is 0 Å². The summed E-state index contributed by atoms with van der Waals surface area (Å²) in [6, 6.07) is 10.9. The van der Waals surface area contributed by atoms with Crippen LogP contribution in [0, 0.1) is 0 Å². The molecule has 0 radical (unpaired) electrons. The summed E-state index contributed by atoms with van der Waals surface area (Å²) < 4.78 is 5.42. The lowest BCUT2D eigenvalue weighted by molar-refractivity contribution is 0.122. The van der Waals surface area contributed by atoms with Crippen LogP contribution in [0.2, 0.25) is 5.28 Å². The predicted octanol–water partition coefficient (Wildman–Crippen LogP) is 2.63. The van der Waals surface area contributed by atoms with Gasteiger partial charge in [0, 0.05) is 38.8 Å². The van der Waals surface area contributed by atoms with Crippen molar-refractivity contribution in [3.05, 3.63) is 41.2 Å². The summed E-state index contributed by atoms with van der Waals surface area (Å²) in [5.41, 5.74) is 8.32. The number of halogens is 1. The van der Waals surface area contributed by atoms with Crippen LogP contribution >= 0.6 is 11.6 Å². The van der Waals surface area contributed by atoms with Crippen LogP contribution in [0.15, 0.2) is 30.3 Å². The van der Waals surface area contributed by atoms with E-state index in [1.54, 1.807) is 0 Å². The van der Waals surface area contributed by atoms with Crippen molar-refractivity contribution in [3.8, 4) is 0 Å². The summed E-state index contributed by atoms with van der Waals surface area (Å²) >= 11 is 6.19. The van der Waals surface area contributed by atoms with Crippen molar-refractivity contribution in [2.24, 2.45) is 0 Å². The first kappa shape index (κ1) is 19.2. The zero-order valence-corrected chi connectivity index (χ0v) is 16.7. The molecular weight excluding hydrogens is 376 g/mol. The minimum Gasteiger partial charge on any atom is -0.393 e. The number of ether oxygens (including phenoxy) is 1. The highest BCUT2D eigenvalue weighted by Crippen LogP contribution is 2.30. The van der Waals surface area contributed by atoms with E-state index in [2.05, 4.69) is 55.4 Å². The minimum absolute atomic E-state index is 0.222. The van der Waals surface area contributed by atoms with E-state index in [-0.39, 0.29) is 5.28 Å². The number of nitrogens with one attached hydrogen (secondary N) is 1. The second kappa shape index (κ2) is 8.94. The van der Waals surface area contributed by atoms with Crippen molar-refractivity contribution in [1.82, 2.24) is 14.9 Å². The SMILES string of the molecule is Nc1c(NC2CCN(Cc3ccccc3)CC2)nc(Cl)nc1N1CCOCC1. The minimum atomic E-state index is 0.222. The number of nitrogens with zero attached hydrogens (tertiary/aromatic N) is 4. The summed E-state index contributed by atoms with van der Waals surface area (Å²) in [6.45, 7) is 5.94. The maximum atomic E-state index is 6.39. The molecule has 0 saturated carbocycles. The molecule has 0 atom stereocenters. The number of nitrogen functional groups attached to an aromatic ring is 1. The maximum Gasteiger partial charge on any atom is 0.226 e. The molecule has 28 heavy (non-hydrogen) atoms. The number of piperidine rings is 1. The standard InChI is InChI=1S/C20H27ClN6O/c21-20-24-18(17(22)19(25-20)27-10-12-28-13-11-27)23-16-6-8-26(9-7-16)14-15-4-2-1-3-5-15/h1-5,16H,6-14,22H2,(H,23,24,25). The Balaban J connectivity index is 1.37. The predicted molar refractivity (Wildman–Crippen MR) is 113 cm³/mol. The Bertz CT molecular complexity index is 776. The lowest BCUT2D eigenvalue weighted by Gasteiger charge is -2.33. The number of nitrogens with two attached hydrogens (primary N) is 1. The van der Waals surface area contributed by atoms with E-state index in [9.17, 15) is 0 Å². The van der Waals surface area contributed by atoms with Gasteiger partial charge in [0.1, 0.15) is 5.69 Å². The number of likely N-dealkylation sites (tertiary alicyclic amines) is 1. The molecule has 0 bridgehead atoms. The molecule has 2 saturated heterocycles. The Morgan fingerprint density at radius 2 is 1.79 bits per heavy atom. The molecule has 2 aliphatic rings. The van der Waals surface area contributed by atoms with Crippen LogP contribution in [-0.2, 0) is 11.3 Å². The third kappa shape index (κ3) is 4.66. The number of hydrogen-bond acceptors (Lipinski definition) is 7. The fraction of sp³-hybridized carbons (Fsp3) is 0.500. The van der Waals surface area contributed by atoms with Crippen LogP contribution in [0.3, 0.4) is 0 Å². The third-order valence-corrected chi connectivity index (χ3v) is 5.56. The lowest BCUT2D eigenvalue weighted by Crippen LogP contribution is -2.39. The Morgan fingerprint density at radius 3 is 2.50 bits per heavy atom. The maximum absolute atomic E-state index is 6.39. The first-order valence-corrected chi connectivity index (χ1v) is 10.3. The second-order valence-electron chi connectivity index (χ2n) is 7.36. The van der Waals surface area contributed by atoms with Gasteiger partial charge in [0.25, 0.3) is 0 Å². The molecule has 0 aliphatic carbocycles. The molecule has 2 aromatic rings. The summed E-state index contributed by atoms with van der Waals surface area (Å²) in [5.74, 6) is 1.34. The van der Waals surface area contributed by atoms with E-state index in [4.69, 9.17) is 22.1 Å². The van der Waals surface area contributed by atoms with E-state index in [0.717, 1.165) is 45.6 Å². The fourth-order valence-electron chi connectivity index (χ4n) is 3.83. The monoisotopic (exact) mass is 402 g/mol. The van der Waals surface area contributed by atoms with Crippen LogP contribution in [0.4, 0.5) is 17.3 Å². The molecular formula is C20H27ClN6O. The molecule has 0 amide bonds. The van der Waals surface area contributed by atoms with Gasteiger partial charge in [-0.1, -0.05) is 30.3 Å². The number of morpholine rings is 1. The average Bonchev–Trinajstić information content (AvgIpc) is 2.73. The Kier molecular flexibility index (Phi) is 6.14. The number of hydrogen-bond donors (Lipinski definition) is 2. The van der Waals surface area contributed by atoms with Crippen molar-refractivity contribution in [3.63, 3.8) is 0 Å². The third-order valence-electron chi connectivity index (χ3n) is 5.39. The Labute approximate surface area is 170 Å². The van der Waals surface area contributed by atoms with Crippen molar-refractivity contribution >= 4 is 28.9 Å². The first-order valence-electron chi connectivity index (χ1n) is 9.87.